The minimum atomic E-state index is -4.39. The zero-order chi connectivity index (χ0) is 17.0. The van der Waals surface area contributed by atoms with Crippen molar-refractivity contribution in [1.82, 2.24) is 10.4 Å². The summed E-state index contributed by atoms with van der Waals surface area (Å²) >= 11 is 0. The molecule has 1 fully saturated rings. The fraction of sp³-hybridized carbons (Fsp3) is 0.429. The Morgan fingerprint density at radius 3 is 2.48 bits per heavy atom. The van der Waals surface area contributed by atoms with Crippen molar-refractivity contribution < 1.29 is 32.7 Å². The van der Waals surface area contributed by atoms with Gasteiger partial charge in [-0.05, 0) is 24.1 Å². The summed E-state index contributed by atoms with van der Waals surface area (Å²) in [5.41, 5.74) is 2.15. The number of hydroxylamine groups is 1. The standard InChI is InChI=1S/C14H15F3N2O4/c15-14(16,17)11-3-1-9(2-4-11)7-18-23-12(20)10-5-6-19(8-10)13(21)22/h1-4,10,18H,5-8H2,(H,21,22)/t10-/m0/s1. The van der Waals surface area contributed by atoms with E-state index in [1.165, 1.54) is 12.1 Å². The average molecular weight is 332 g/mol. The summed E-state index contributed by atoms with van der Waals surface area (Å²) in [6, 6.07) is 4.46. The van der Waals surface area contributed by atoms with Crippen LogP contribution < -0.4 is 5.48 Å². The van der Waals surface area contributed by atoms with E-state index in [0.717, 1.165) is 17.0 Å². The molecule has 0 aromatic heterocycles. The second-order valence-electron chi connectivity index (χ2n) is 5.15. The molecule has 0 aliphatic carbocycles. The van der Waals surface area contributed by atoms with E-state index in [2.05, 4.69) is 5.48 Å². The summed E-state index contributed by atoms with van der Waals surface area (Å²) < 4.78 is 37.2. The molecule has 1 saturated heterocycles. The highest BCUT2D eigenvalue weighted by Crippen LogP contribution is 2.29. The van der Waals surface area contributed by atoms with Crippen LogP contribution in [-0.2, 0) is 22.4 Å². The van der Waals surface area contributed by atoms with E-state index in [4.69, 9.17) is 9.94 Å². The maximum absolute atomic E-state index is 12.4. The fourth-order valence-corrected chi connectivity index (χ4v) is 2.21. The first-order valence-corrected chi connectivity index (χ1v) is 6.85. The van der Waals surface area contributed by atoms with Crippen molar-refractivity contribution in [2.45, 2.75) is 19.1 Å². The second-order valence-corrected chi connectivity index (χ2v) is 5.15. The largest absolute Gasteiger partial charge is 0.465 e. The summed E-state index contributed by atoms with van der Waals surface area (Å²) in [4.78, 5) is 28.4. The van der Waals surface area contributed by atoms with Gasteiger partial charge in [0.25, 0.3) is 0 Å². The number of hydrogen-bond donors (Lipinski definition) is 2. The van der Waals surface area contributed by atoms with E-state index in [0.29, 0.717) is 12.0 Å². The SMILES string of the molecule is O=C(ONCc1ccc(C(F)(F)F)cc1)[C@H]1CCN(C(=O)O)C1. The lowest BCUT2D eigenvalue weighted by atomic mass is 10.1. The van der Waals surface area contributed by atoms with Gasteiger partial charge in [0.15, 0.2) is 0 Å². The van der Waals surface area contributed by atoms with E-state index >= 15 is 0 Å². The number of carbonyl (C=O) groups is 2. The number of likely N-dealkylation sites (tertiary alicyclic amines) is 1. The molecule has 0 saturated carbocycles. The smallest absolute Gasteiger partial charge is 0.416 e. The molecular weight excluding hydrogens is 317 g/mol. The zero-order valence-electron chi connectivity index (χ0n) is 12.0. The number of carboxylic acid groups (broad SMARTS) is 1. The van der Waals surface area contributed by atoms with Crippen LogP contribution in [0.5, 0.6) is 0 Å². The molecule has 0 unspecified atom stereocenters. The molecule has 1 aromatic carbocycles. The lowest BCUT2D eigenvalue weighted by molar-refractivity contribution is -0.156. The van der Waals surface area contributed by atoms with Gasteiger partial charge in [0, 0.05) is 13.1 Å². The van der Waals surface area contributed by atoms with Crippen LogP contribution in [0.1, 0.15) is 17.5 Å². The first kappa shape index (κ1) is 17.1. The van der Waals surface area contributed by atoms with Gasteiger partial charge in [0.2, 0.25) is 0 Å². The van der Waals surface area contributed by atoms with E-state index in [-0.39, 0.29) is 19.6 Å². The number of amides is 1. The molecular formula is C14H15F3N2O4. The van der Waals surface area contributed by atoms with Crippen LogP contribution in [-0.4, -0.2) is 35.2 Å². The van der Waals surface area contributed by atoms with Gasteiger partial charge in [0.1, 0.15) is 0 Å². The molecule has 1 aromatic rings. The van der Waals surface area contributed by atoms with Crippen molar-refractivity contribution >= 4 is 12.1 Å². The number of nitrogens with zero attached hydrogens (tertiary/aromatic N) is 1. The molecule has 23 heavy (non-hydrogen) atoms. The van der Waals surface area contributed by atoms with Gasteiger partial charge in [-0.3, -0.25) is 0 Å². The van der Waals surface area contributed by atoms with Crippen LogP contribution >= 0.6 is 0 Å². The maximum Gasteiger partial charge on any atom is 0.416 e. The molecule has 0 radical (unpaired) electrons. The second kappa shape index (κ2) is 6.86. The van der Waals surface area contributed by atoms with Crippen LogP contribution in [0.2, 0.25) is 0 Å². The Morgan fingerprint density at radius 1 is 1.30 bits per heavy atom. The Hall–Kier alpha value is -2.29. The van der Waals surface area contributed by atoms with Crippen molar-refractivity contribution in [3.8, 4) is 0 Å². The quantitative estimate of drug-likeness (QED) is 0.827. The molecule has 2 N–H and O–H groups in total. The summed E-state index contributed by atoms with van der Waals surface area (Å²) in [7, 11) is 0. The van der Waals surface area contributed by atoms with Crippen molar-refractivity contribution in [3.05, 3.63) is 35.4 Å². The summed E-state index contributed by atoms with van der Waals surface area (Å²) in [6.45, 7) is 0.406. The molecule has 0 spiro atoms. The minimum absolute atomic E-state index is 0.0548. The Labute approximate surface area is 129 Å². The van der Waals surface area contributed by atoms with Crippen molar-refractivity contribution in [3.63, 3.8) is 0 Å². The molecule has 1 atom stereocenters. The first-order chi connectivity index (χ1) is 10.8. The van der Waals surface area contributed by atoms with Gasteiger partial charge < -0.3 is 14.8 Å². The highest BCUT2D eigenvalue weighted by molar-refractivity contribution is 5.74. The summed E-state index contributed by atoms with van der Waals surface area (Å²) in [5, 5.41) is 8.80. The van der Waals surface area contributed by atoms with Crippen LogP contribution in [0.3, 0.4) is 0 Å². The Bertz CT molecular complexity index is 574. The topological polar surface area (TPSA) is 78.9 Å². The molecule has 1 heterocycles. The Morgan fingerprint density at radius 2 is 1.96 bits per heavy atom. The molecule has 9 heteroatoms. The van der Waals surface area contributed by atoms with E-state index in [1.54, 1.807) is 0 Å². The zero-order valence-corrected chi connectivity index (χ0v) is 12.0. The van der Waals surface area contributed by atoms with Gasteiger partial charge in [-0.15, -0.1) is 5.48 Å². The maximum atomic E-state index is 12.4. The fourth-order valence-electron chi connectivity index (χ4n) is 2.21. The predicted octanol–water partition coefficient (Wildman–Crippen LogP) is 2.25. The molecule has 6 nitrogen and oxygen atoms in total. The van der Waals surface area contributed by atoms with Crippen LogP contribution in [0.15, 0.2) is 24.3 Å². The normalized spacial score (nSPS) is 18.0. The summed E-state index contributed by atoms with van der Waals surface area (Å²) in [6.07, 6.45) is -5.10. The van der Waals surface area contributed by atoms with Gasteiger partial charge in [0.05, 0.1) is 18.0 Å². The van der Waals surface area contributed by atoms with Gasteiger partial charge in [-0.2, -0.15) is 13.2 Å². The van der Waals surface area contributed by atoms with E-state index in [9.17, 15) is 22.8 Å². The van der Waals surface area contributed by atoms with Gasteiger partial charge in [-0.1, -0.05) is 12.1 Å². The number of halogens is 3. The van der Waals surface area contributed by atoms with Crippen LogP contribution in [0.25, 0.3) is 0 Å². The highest BCUT2D eigenvalue weighted by atomic mass is 19.4. The lowest BCUT2D eigenvalue weighted by Crippen LogP contribution is -2.30. The van der Waals surface area contributed by atoms with E-state index in [1.807, 2.05) is 0 Å². The lowest BCUT2D eigenvalue weighted by Gasteiger charge is -2.12. The minimum Gasteiger partial charge on any atom is -0.465 e. The molecule has 126 valence electrons. The van der Waals surface area contributed by atoms with E-state index < -0.39 is 29.7 Å². The number of benzene rings is 1. The van der Waals surface area contributed by atoms with Crippen LogP contribution in [0.4, 0.5) is 18.0 Å². The van der Waals surface area contributed by atoms with Gasteiger partial charge >= 0.3 is 18.2 Å². The third-order valence-corrected chi connectivity index (χ3v) is 3.52. The Balaban J connectivity index is 1.77. The third kappa shape index (κ3) is 4.59. The van der Waals surface area contributed by atoms with Crippen LogP contribution in [0, 0.1) is 5.92 Å². The Kier molecular flexibility index (Phi) is 5.09. The molecule has 2 rings (SSSR count). The number of hydrogen-bond acceptors (Lipinski definition) is 4. The predicted molar refractivity (Wildman–Crippen MR) is 72.1 cm³/mol. The first-order valence-electron chi connectivity index (χ1n) is 6.85. The number of rotatable bonds is 4. The molecule has 1 amide bonds. The van der Waals surface area contributed by atoms with Crippen molar-refractivity contribution in [1.29, 1.82) is 0 Å². The van der Waals surface area contributed by atoms with Gasteiger partial charge in [-0.25, -0.2) is 9.59 Å². The number of nitrogens with one attached hydrogen (secondary N) is 1. The molecule has 1 aliphatic heterocycles. The number of carbonyl (C=O) groups excluding carboxylic acids is 1. The van der Waals surface area contributed by atoms with Crippen molar-refractivity contribution in [2.75, 3.05) is 13.1 Å². The third-order valence-electron chi connectivity index (χ3n) is 3.52. The highest BCUT2D eigenvalue weighted by Gasteiger charge is 2.32. The molecule has 1 aliphatic rings. The number of alkyl halides is 3. The monoisotopic (exact) mass is 332 g/mol. The summed E-state index contributed by atoms with van der Waals surface area (Å²) in [5.74, 6) is -1.12. The molecule has 0 bridgehead atoms. The van der Waals surface area contributed by atoms with Crippen molar-refractivity contribution in [2.24, 2.45) is 5.92 Å². The average Bonchev–Trinajstić information content (AvgIpc) is 2.97.